The number of nitrogens with one attached hydrogen (secondary N) is 1. The Balaban J connectivity index is 1.85. The largest absolute Gasteiger partial charge is 0.337 e. The quantitative estimate of drug-likeness (QED) is 0.875. The summed E-state index contributed by atoms with van der Waals surface area (Å²) in [4.78, 5) is 25.3. The van der Waals surface area contributed by atoms with E-state index in [0.29, 0.717) is 30.4 Å². The lowest BCUT2D eigenvalue weighted by Gasteiger charge is -2.34. The van der Waals surface area contributed by atoms with Crippen molar-refractivity contribution in [3.63, 3.8) is 0 Å². The minimum Gasteiger partial charge on any atom is -0.337 e. The average Bonchev–Trinajstić information content (AvgIpc) is 3.33. The second kappa shape index (κ2) is 6.18. The molecule has 0 radical (unpaired) electrons. The van der Waals surface area contributed by atoms with Crippen LogP contribution in [0, 0.1) is 6.92 Å². The van der Waals surface area contributed by atoms with Gasteiger partial charge in [-0.2, -0.15) is 4.31 Å². The van der Waals surface area contributed by atoms with Gasteiger partial charge in [0.1, 0.15) is 0 Å². The minimum atomic E-state index is -3.78. The summed E-state index contributed by atoms with van der Waals surface area (Å²) in [6.45, 7) is 3.68. The summed E-state index contributed by atoms with van der Waals surface area (Å²) < 4.78 is 27.1. The van der Waals surface area contributed by atoms with E-state index >= 15 is 0 Å². The molecule has 7 nitrogen and oxygen atoms in total. The summed E-state index contributed by atoms with van der Waals surface area (Å²) in [7, 11) is -3.78. The third-order valence-corrected chi connectivity index (χ3v) is 6.32. The monoisotopic (exact) mass is 351 g/mol. The lowest BCUT2D eigenvalue weighted by Crippen LogP contribution is -2.52. The number of hydrogen-bond acceptors (Lipinski definition) is 4. The molecule has 2 fully saturated rings. The van der Waals surface area contributed by atoms with E-state index in [2.05, 4.69) is 5.32 Å². The number of aryl methyl sites for hydroxylation is 1. The number of hydrogen-bond donors (Lipinski definition) is 1. The maximum Gasteiger partial charge on any atom is 0.243 e. The van der Waals surface area contributed by atoms with Crippen LogP contribution >= 0.6 is 0 Å². The highest BCUT2D eigenvalue weighted by molar-refractivity contribution is 7.89. The average molecular weight is 351 g/mol. The lowest BCUT2D eigenvalue weighted by molar-refractivity contribution is -0.134. The molecule has 0 bridgehead atoms. The van der Waals surface area contributed by atoms with Crippen LogP contribution in [0.4, 0.5) is 5.69 Å². The molecule has 3 rings (SSSR count). The molecule has 0 atom stereocenters. The maximum absolute atomic E-state index is 12.9. The van der Waals surface area contributed by atoms with E-state index in [-0.39, 0.29) is 23.3 Å². The van der Waals surface area contributed by atoms with E-state index in [0.717, 1.165) is 12.8 Å². The molecule has 0 aromatic heterocycles. The van der Waals surface area contributed by atoms with Gasteiger partial charge in [0.15, 0.2) is 0 Å². The Labute approximate surface area is 141 Å². The number of benzene rings is 1. The fraction of sp³-hybridized carbons (Fsp3) is 0.500. The first-order chi connectivity index (χ1) is 11.3. The van der Waals surface area contributed by atoms with Gasteiger partial charge >= 0.3 is 0 Å². The van der Waals surface area contributed by atoms with Gasteiger partial charge in [0.2, 0.25) is 21.8 Å². The zero-order chi connectivity index (χ0) is 17.5. The van der Waals surface area contributed by atoms with Crippen LogP contribution in [0.25, 0.3) is 0 Å². The molecule has 130 valence electrons. The number of rotatable bonds is 4. The molecular formula is C16H21N3O4S. The van der Waals surface area contributed by atoms with Crippen molar-refractivity contribution in [2.75, 3.05) is 25.0 Å². The second-order valence-corrected chi connectivity index (χ2v) is 8.22. The van der Waals surface area contributed by atoms with Gasteiger partial charge in [-0.15, -0.1) is 0 Å². The normalized spacial score (nSPS) is 19.4. The number of sulfonamides is 1. The first-order valence-electron chi connectivity index (χ1n) is 7.97. The molecule has 2 amide bonds. The first-order valence-corrected chi connectivity index (χ1v) is 9.41. The number of nitrogens with zero attached hydrogens (tertiary/aromatic N) is 2. The topological polar surface area (TPSA) is 86.8 Å². The van der Waals surface area contributed by atoms with Gasteiger partial charge in [-0.05, 0) is 37.5 Å². The Morgan fingerprint density at radius 3 is 2.54 bits per heavy atom. The van der Waals surface area contributed by atoms with E-state index in [1.807, 2.05) is 0 Å². The Kier molecular flexibility index (Phi) is 4.35. The van der Waals surface area contributed by atoms with Gasteiger partial charge in [0.05, 0.1) is 11.4 Å². The highest BCUT2D eigenvalue weighted by Crippen LogP contribution is 2.30. The van der Waals surface area contributed by atoms with Crippen LogP contribution in [0.2, 0.25) is 0 Å². The van der Waals surface area contributed by atoms with Crippen LogP contribution in [0.15, 0.2) is 23.1 Å². The SMILES string of the molecule is CC(=O)Nc1ccc(C)c(S(=O)(=O)N2CCN(C3CC3)C(=O)C2)c1. The third kappa shape index (κ3) is 3.29. The third-order valence-electron chi connectivity index (χ3n) is 4.34. The van der Waals surface area contributed by atoms with Crippen LogP contribution in [0.5, 0.6) is 0 Å². The zero-order valence-electron chi connectivity index (χ0n) is 13.8. The molecule has 1 saturated heterocycles. The molecule has 0 unspecified atom stereocenters. The van der Waals surface area contributed by atoms with Crippen molar-refractivity contribution in [3.8, 4) is 0 Å². The summed E-state index contributed by atoms with van der Waals surface area (Å²) in [5.41, 5.74) is 1.01. The fourth-order valence-corrected chi connectivity index (χ4v) is 4.57. The highest BCUT2D eigenvalue weighted by atomic mass is 32.2. The van der Waals surface area contributed by atoms with Crippen molar-refractivity contribution in [1.82, 2.24) is 9.21 Å². The maximum atomic E-state index is 12.9. The molecule has 1 heterocycles. The molecule has 1 saturated carbocycles. The number of anilines is 1. The Hall–Kier alpha value is -1.93. The van der Waals surface area contributed by atoms with Crippen molar-refractivity contribution < 1.29 is 18.0 Å². The Morgan fingerprint density at radius 1 is 1.25 bits per heavy atom. The van der Waals surface area contributed by atoms with Gasteiger partial charge in [-0.25, -0.2) is 8.42 Å². The zero-order valence-corrected chi connectivity index (χ0v) is 14.6. The number of carbonyl (C=O) groups is 2. The smallest absolute Gasteiger partial charge is 0.243 e. The fourth-order valence-electron chi connectivity index (χ4n) is 2.94. The summed E-state index contributed by atoms with van der Waals surface area (Å²) in [5, 5.41) is 2.59. The molecule has 1 aliphatic carbocycles. The summed E-state index contributed by atoms with van der Waals surface area (Å²) >= 11 is 0. The molecule has 1 aliphatic heterocycles. The van der Waals surface area contributed by atoms with Crippen LogP contribution in [0.3, 0.4) is 0 Å². The molecule has 24 heavy (non-hydrogen) atoms. The van der Waals surface area contributed by atoms with Gasteiger partial charge in [-0.3, -0.25) is 9.59 Å². The van der Waals surface area contributed by atoms with Crippen LogP contribution in [-0.2, 0) is 19.6 Å². The molecule has 2 aliphatic rings. The summed E-state index contributed by atoms with van der Waals surface area (Å²) in [6.07, 6.45) is 2.02. The minimum absolute atomic E-state index is 0.122. The van der Waals surface area contributed by atoms with Crippen LogP contribution in [-0.4, -0.2) is 55.1 Å². The predicted molar refractivity (Wildman–Crippen MR) is 89.0 cm³/mol. The van der Waals surface area contributed by atoms with Crippen LogP contribution < -0.4 is 5.32 Å². The van der Waals surface area contributed by atoms with E-state index < -0.39 is 10.0 Å². The second-order valence-electron chi connectivity index (χ2n) is 6.32. The summed E-state index contributed by atoms with van der Waals surface area (Å²) in [6, 6.07) is 5.06. The van der Waals surface area contributed by atoms with Gasteiger partial charge < -0.3 is 10.2 Å². The molecule has 1 N–H and O–H groups in total. The lowest BCUT2D eigenvalue weighted by atomic mass is 10.2. The summed E-state index contributed by atoms with van der Waals surface area (Å²) in [5.74, 6) is -0.404. The van der Waals surface area contributed by atoms with Gasteiger partial charge in [0.25, 0.3) is 0 Å². The van der Waals surface area contributed by atoms with E-state index in [1.54, 1.807) is 24.0 Å². The standard InChI is InChI=1S/C16H21N3O4S/c1-11-3-4-13(17-12(2)20)9-15(11)24(22,23)18-7-8-19(14-5-6-14)16(21)10-18/h3-4,9,14H,5-8,10H2,1-2H3,(H,17,20). The van der Waals surface area contributed by atoms with Gasteiger partial charge in [-0.1, -0.05) is 6.07 Å². The highest BCUT2D eigenvalue weighted by Gasteiger charge is 2.39. The van der Waals surface area contributed by atoms with E-state index in [9.17, 15) is 18.0 Å². The first kappa shape index (κ1) is 16.9. The molecular weight excluding hydrogens is 330 g/mol. The van der Waals surface area contributed by atoms with Gasteiger partial charge in [0, 0.05) is 31.7 Å². The van der Waals surface area contributed by atoms with E-state index in [1.165, 1.54) is 17.3 Å². The van der Waals surface area contributed by atoms with Crippen molar-refractivity contribution >= 4 is 27.5 Å². The number of piperazine rings is 1. The molecule has 1 aromatic carbocycles. The molecule has 1 aromatic rings. The number of amides is 2. The molecule has 0 spiro atoms. The predicted octanol–water partition coefficient (Wildman–Crippen LogP) is 0.949. The van der Waals surface area contributed by atoms with Crippen molar-refractivity contribution in [2.24, 2.45) is 0 Å². The number of carbonyl (C=O) groups excluding carboxylic acids is 2. The Bertz CT molecular complexity index is 787. The van der Waals surface area contributed by atoms with Crippen molar-refractivity contribution in [2.45, 2.75) is 37.6 Å². The van der Waals surface area contributed by atoms with Crippen molar-refractivity contribution in [1.29, 1.82) is 0 Å². The van der Waals surface area contributed by atoms with E-state index in [4.69, 9.17) is 0 Å². The van der Waals surface area contributed by atoms with Crippen LogP contribution in [0.1, 0.15) is 25.3 Å². The molecule has 8 heteroatoms. The van der Waals surface area contributed by atoms with Crippen molar-refractivity contribution in [3.05, 3.63) is 23.8 Å². The Morgan fingerprint density at radius 2 is 1.96 bits per heavy atom.